The van der Waals surface area contributed by atoms with E-state index in [2.05, 4.69) is 63.8 Å². The van der Waals surface area contributed by atoms with Gasteiger partial charge in [-0.1, -0.05) is 36.4 Å². The lowest BCUT2D eigenvalue weighted by molar-refractivity contribution is 0.321. The highest BCUT2D eigenvalue weighted by atomic mass is 15.2. The Morgan fingerprint density at radius 2 is 1.84 bits per heavy atom. The standard InChI is InChI=1S/C21H24N4/c1-17-13-23-21(25(17)14-18-7-3-2-4-8-18)19-10-12-24(15-19)16-20-9-5-6-11-22-20/h2-9,11,13,19H,10,12,14-16H2,1H3. The highest BCUT2D eigenvalue weighted by Crippen LogP contribution is 2.28. The highest BCUT2D eigenvalue weighted by Gasteiger charge is 2.27. The number of nitrogens with zero attached hydrogens (tertiary/aromatic N) is 4. The van der Waals surface area contributed by atoms with Crippen molar-refractivity contribution in [3.05, 3.63) is 83.7 Å². The van der Waals surface area contributed by atoms with Gasteiger partial charge in [-0.3, -0.25) is 9.88 Å². The molecule has 128 valence electrons. The van der Waals surface area contributed by atoms with E-state index in [1.165, 1.54) is 17.1 Å². The zero-order chi connectivity index (χ0) is 17.1. The van der Waals surface area contributed by atoms with Gasteiger partial charge in [0.05, 0.1) is 5.69 Å². The quantitative estimate of drug-likeness (QED) is 0.715. The molecule has 2 aromatic heterocycles. The van der Waals surface area contributed by atoms with Crippen LogP contribution in [0.3, 0.4) is 0 Å². The first-order valence-electron chi connectivity index (χ1n) is 8.98. The Morgan fingerprint density at radius 3 is 2.64 bits per heavy atom. The van der Waals surface area contributed by atoms with E-state index in [-0.39, 0.29) is 0 Å². The molecule has 1 atom stereocenters. The summed E-state index contributed by atoms with van der Waals surface area (Å²) in [4.78, 5) is 11.7. The summed E-state index contributed by atoms with van der Waals surface area (Å²) in [5.74, 6) is 1.73. The van der Waals surface area contributed by atoms with Crippen LogP contribution >= 0.6 is 0 Å². The second-order valence-electron chi connectivity index (χ2n) is 6.87. The molecular formula is C21H24N4. The maximum Gasteiger partial charge on any atom is 0.113 e. The zero-order valence-corrected chi connectivity index (χ0v) is 14.7. The largest absolute Gasteiger partial charge is 0.328 e. The van der Waals surface area contributed by atoms with Crippen molar-refractivity contribution < 1.29 is 0 Å². The van der Waals surface area contributed by atoms with E-state index in [0.29, 0.717) is 5.92 Å². The van der Waals surface area contributed by atoms with E-state index >= 15 is 0 Å². The molecular weight excluding hydrogens is 308 g/mol. The zero-order valence-electron chi connectivity index (χ0n) is 14.7. The number of rotatable bonds is 5. The van der Waals surface area contributed by atoms with Crippen LogP contribution in [0.5, 0.6) is 0 Å². The Labute approximate surface area is 149 Å². The summed E-state index contributed by atoms with van der Waals surface area (Å²) in [6, 6.07) is 16.8. The van der Waals surface area contributed by atoms with Crippen LogP contribution in [0.4, 0.5) is 0 Å². The minimum absolute atomic E-state index is 0.501. The van der Waals surface area contributed by atoms with Crippen molar-refractivity contribution in [1.29, 1.82) is 0 Å². The topological polar surface area (TPSA) is 34.0 Å². The lowest BCUT2D eigenvalue weighted by atomic mass is 10.1. The van der Waals surface area contributed by atoms with Gasteiger partial charge in [-0.2, -0.15) is 0 Å². The lowest BCUT2D eigenvalue weighted by Gasteiger charge is -2.17. The molecule has 3 heterocycles. The van der Waals surface area contributed by atoms with Gasteiger partial charge < -0.3 is 4.57 Å². The Hall–Kier alpha value is -2.46. The number of aromatic nitrogens is 3. The van der Waals surface area contributed by atoms with Gasteiger partial charge >= 0.3 is 0 Å². The van der Waals surface area contributed by atoms with Crippen LogP contribution in [0.15, 0.2) is 60.9 Å². The monoisotopic (exact) mass is 332 g/mol. The second-order valence-corrected chi connectivity index (χ2v) is 6.87. The van der Waals surface area contributed by atoms with Gasteiger partial charge in [0.2, 0.25) is 0 Å². The first-order chi connectivity index (χ1) is 12.3. The highest BCUT2D eigenvalue weighted by molar-refractivity contribution is 5.19. The fourth-order valence-corrected chi connectivity index (χ4v) is 3.68. The molecule has 3 aromatic rings. The molecule has 1 aliphatic heterocycles. The molecule has 1 aliphatic rings. The molecule has 0 radical (unpaired) electrons. The van der Waals surface area contributed by atoms with Crippen molar-refractivity contribution in [2.45, 2.75) is 32.4 Å². The van der Waals surface area contributed by atoms with Crippen molar-refractivity contribution in [3.63, 3.8) is 0 Å². The van der Waals surface area contributed by atoms with Crippen molar-refractivity contribution in [1.82, 2.24) is 19.4 Å². The van der Waals surface area contributed by atoms with Gasteiger partial charge in [0.1, 0.15) is 5.82 Å². The first-order valence-corrected chi connectivity index (χ1v) is 8.98. The smallest absolute Gasteiger partial charge is 0.113 e. The molecule has 1 unspecified atom stereocenters. The number of hydrogen-bond acceptors (Lipinski definition) is 3. The molecule has 4 heteroatoms. The number of aryl methyl sites for hydroxylation is 1. The van der Waals surface area contributed by atoms with E-state index in [1.807, 2.05) is 18.5 Å². The minimum Gasteiger partial charge on any atom is -0.328 e. The lowest BCUT2D eigenvalue weighted by Crippen LogP contribution is -2.21. The summed E-state index contributed by atoms with van der Waals surface area (Å²) < 4.78 is 2.38. The van der Waals surface area contributed by atoms with E-state index in [9.17, 15) is 0 Å². The van der Waals surface area contributed by atoms with E-state index in [0.717, 1.165) is 38.3 Å². The molecule has 0 saturated carbocycles. The Kier molecular flexibility index (Phi) is 4.61. The molecule has 1 aromatic carbocycles. The van der Waals surface area contributed by atoms with Crippen molar-refractivity contribution in [3.8, 4) is 0 Å². The molecule has 25 heavy (non-hydrogen) atoms. The summed E-state index contributed by atoms with van der Waals surface area (Å²) in [5, 5.41) is 0. The van der Waals surface area contributed by atoms with Crippen molar-refractivity contribution in [2.24, 2.45) is 0 Å². The third-order valence-electron chi connectivity index (χ3n) is 5.02. The Morgan fingerprint density at radius 1 is 1.00 bits per heavy atom. The molecule has 4 rings (SSSR count). The average Bonchev–Trinajstić information content (AvgIpc) is 3.24. The van der Waals surface area contributed by atoms with Crippen LogP contribution in [0, 0.1) is 6.92 Å². The summed E-state index contributed by atoms with van der Waals surface area (Å²) in [6.45, 7) is 6.15. The van der Waals surface area contributed by atoms with Gasteiger partial charge in [0.15, 0.2) is 0 Å². The molecule has 0 bridgehead atoms. The Bertz CT molecular complexity index is 810. The molecule has 0 aliphatic carbocycles. The van der Waals surface area contributed by atoms with Gasteiger partial charge in [0, 0.05) is 43.6 Å². The van der Waals surface area contributed by atoms with Crippen LogP contribution in [-0.4, -0.2) is 32.5 Å². The second kappa shape index (κ2) is 7.19. The Balaban J connectivity index is 1.48. The van der Waals surface area contributed by atoms with Crippen LogP contribution < -0.4 is 0 Å². The van der Waals surface area contributed by atoms with Crippen LogP contribution in [0.2, 0.25) is 0 Å². The van der Waals surface area contributed by atoms with Gasteiger partial charge in [0.25, 0.3) is 0 Å². The maximum absolute atomic E-state index is 4.76. The number of hydrogen-bond donors (Lipinski definition) is 0. The summed E-state index contributed by atoms with van der Waals surface area (Å²) in [7, 11) is 0. The van der Waals surface area contributed by atoms with E-state index < -0.39 is 0 Å². The summed E-state index contributed by atoms with van der Waals surface area (Å²) in [6.07, 6.45) is 5.05. The summed E-state index contributed by atoms with van der Waals surface area (Å²) >= 11 is 0. The molecule has 4 nitrogen and oxygen atoms in total. The molecule has 0 amide bonds. The SMILES string of the molecule is Cc1cnc(C2CCN(Cc3ccccn3)C2)n1Cc1ccccc1. The predicted octanol–water partition coefficient (Wildman–Crippen LogP) is 3.62. The molecule has 0 spiro atoms. The normalized spacial score (nSPS) is 17.9. The fourth-order valence-electron chi connectivity index (χ4n) is 3.68. The average molecular weight is 332 g/mol. The maximum atomic E-state index is 4.76. The third-order valence-corrected chi connectivity index (χ3v) is 5.02. The van der Waals surface area contributed by atoms with Crippen LogP contribution in [0.25, 0.3) is 0 Å². The minimum atomic E-state index is 0.501. The molecule has 0 N–H and O–H groups in total. The third kappa shape index (κ3) is 3.64. The van der Waals surface area contributed by atoms with Gasteiger partial charge in [-0.25, -0.2) is 4.98 Å². The number of pyridine rings is 1. The van der Waals surface area contributed by atoms with Crippen LogP contribution in [0.1, 0.15) is 35.1 Å². The number of imidazole rings is 1. The van der Waals surface area contributed by atoms with Gasteiger partial charge in [-0.15, -0.1) is 0 Å². The van der Waals surface area contributed by atoms with E-state index in [1.54, 1.807) is 0 Å². The van der Waals surface area contributed by atoms with Crippen molar-refractivity contribution >= 4 is 0 Å². The molecule has 1 saturated heterocycles. The molecule has 1 fully saturated rings. The van der Waals surface area contributed by atoms with E-state index in [4.69, 9.17) is 4.98 Å². The van der Waals surface area contributed by atoms with Crippen LogP contribution in [-0.2, 0) is 13.1 Å². The summed E-state index contributed by atoms with van der Waals surface area (Å²) in [5.41, 5.74) is 3.71. The predicted molar refractivity (Wildman–Crippen MR) is 99.4 cm³/mol. The van der Waals surface area contributed by atoms with Crippen molar-refractivity contribution in [2.75, 3.05) is 13.1 Å². The first kappa shape index (κ1) is 16.0. The number of likely N-dealkylation sites (tertiary alicyclic amines) is 1. The fraction of sp³-hybridized carbons (Fsp3) is 0.333. The number of benzene rings is 1. The van der Waals surface area contributed by atoms with Gasteiger partial charge in [-0.05, 0) is 37.6 Å².